The molecule has 2 rings (SSSR count). The second-order valence-electron chi connectivity index (χ2n) is 3.00. The Labute approximate surface area is 91.6 Å². The van der Waals surface area contributed by atoms with Crippen LogP contribution in [0.2, 0.25) is 0 Å². The third-order valence-corrected chi connectivity index (χ3v) is 1.87. The van der Waals surface area contributed by atoms with E-state index in [0.717, 1.165) is 5.69 Å². The van der Waals surface area contributed by atoms with Crippen LogP contribution >= 0.6 is 0 Å². The molecular weight excluding hydrogens is 210 g/mol. The fraction of sp³-hybridized carbons (Fsp3) is 0.222. The molecule has 0 saturated heterocycles. The van der Waals surface area contributed by atoms with Crippen LogP contribution < -0.4 is 15.8 Å². The molecule has 0 aliphatic carbocycles. The average molecular weight is 221 g/mol. The Bertz CT molecular complexity index is 457. The maximum Gasteiger partial charge on any atom is 0.225 e. The summed E-state index contributed by atoms with van der Waals surface area (Å²) in [5.41, 5.74) is 6.28. The molecule has 84 valence electrons. The summed E-state index contributed by atoms with van der Waals surface area (Å²) >= 11 is 0. The van der Waals surface area contributed by atoms with E-state index in [1.807, 2.05) is 0 Å². The van der Waals surface area contributed by atoms with E-state index in [1.165, 1.54) is 13.4 Å². The van der Waals surface area contributed by atoms with E-state index < -0.39 is 0 Å². The predicted octanol–water partition coefficient (Wildman–Crippen LogP) is 0.667. The minimum absolute atomic E-state index is 0.155. The molecule has 2 aromatic rings. The van der Waals surface area contributed by atoms with Crippen molar-refractivity contribution in [1.82, 2.24) is 15.1 Å². The summed E-state index contributed by atoms with van der Waals surface area (Å²) in [6.07, 6.45) is 1.51. The van der Waals surface area contributed by atoms with Gasteiger partial charge in [-0.25, -0.2) is 0 Å². The summed E-state index contributed by atoms with van der Waals surface area (Å²) in [4.78, 5) is 7.87. The molecule has 0 amide bonds. The lowest BCUT2D eigenvalue weighted by atomic mass is 10.4. The van der Waals surface area contributed by atoms with Crippen molar-refractivity contribution in [1.29, 1.82) is 0 Å². The van der Waals surface area contributed by atoms with Gasteiger partial charge in [-0.1, -0.05) is 5.16 Å². The van der Waals surface area contributed by atoms with E-state index in [1.54, 1.807) is 12.1 Å². The van der Waals surface area contributed by atoms with Crippen molar-refractivity contribution in [3.05, 3.63) is 24.1 Å². The minimum Gasteiger partial charge on any atom is -0.481 e. The number of hydrogen-bond acceptors (Lipinski definition) is 7. The number of rotatable bonds is 4. The van der Waals surface area contributed by atoms with Gasteiger partial charge in [0.1, 0.15) is 17.8 Å². The Morgan fingerprint density at radius 3 is 3.06 bits per heavy atom. The summed E-state index contributed by atoms with van der Waals surface area (Å²) < 4.78 is 9.67. The van der Waals surface area contributed by atoms with E-state index in [2.05, 4.69) is 20.4 Å². The van der Waals surface area contributed by atoms with Crippen LogP contribution in [0.4, 0.5) is 11.8 Å². The topological polar surface area (TPSA) is 99.1 Å². The first-order valence-corrected chi connectivity index (χ1v) is 4.59. The second-order valence-corrected chi connectivity index (χ2v) is 3.00. The molecular formula is C9H11N5O2. The van der Waals surface area contributed by atoms with Gasteiger partial charge in [0.05, 0.1) is 13.7 Å². The lowest BCUT2D eigenvalue weighted by Crippen LogP contribution is -2.05. The smallest absolute Gasteiger partial charge is 0.225 e. The summed E-state index contributed by atoms with van der Waals surface area (Å²) in [5.74, 6) is 1.14. The molecule has 0 unspecified atom stereocenters. The van der Waals surface area contributed by atoms with E-state index in [0.29, 0.717) is 18.2 Å². The first kappa shape index (κ1) is 10.2. The highest BCUT2D eigenvalue weighted by atomic mass is 16.5. The van der Waals surface area contributed by atoms with Gasteiger partial charge in [0.15, 0.2) is 0 Å². The quantitative estimate of drug-likeness (QED) is 0.782. The van der Waals surface area contributed by atoms with Gasteiger partial charge in [-0.05, 0) is 0 Å². The fourth-order valence-electron chi connectivity index (χ4n) is 1.15. The van der Waals surface area contributed by atoms with Gasteiger partial charge in [0.25, 0.3) is 0 Å². The SMILES string of the molecule is COc1cc(NCc2ccon2)nc(N)n1. The molecule has 0 atom stereocenters. The van der Waals surface area contributed by atoms with E-state index >= 15 is 0 Å². The van der Waals surface area contributed by atoms with Crippen molar-refractivity contribution in [2.24, 2.45) is 0 Å². The van der Waals surface area contributed by atoms with Gasteiger partial charge in [0, 0.05) is 12.1 Å². The van der Waals surface area contributed by atoms with Gasteiger partial charge in [-0.3, -0.25) is 0 Å². The van der Waals surface area contributed by atoms with Gasteiger partial charge >= 0.3 is 0 Å². The average Bonchev–Trinajstić information content (AvgIpc) is 2.78. The van der Waals surface area contributed by atoms with Crippen LogP contribution in [-0.4, -0.2) is 22.2 Å². The zero-order chi connectivity index (χ0) is 11.4. The molecule has 16 heavy (non-hydrogen) atoms. The van der Waals surface area contributed by atoms with Gasteiger partial charge in [-0.15, -0.1) is 0 Å². The third-order valence-electron chi connectivity index (χ3n) is 1.87. The number of nitrogens with two attached hydrogens (primary N) is 1. The number of nitrogens with one attached hydrogen (secondary N) is 1. The lowest BCUT2D eigenvalue weighted by molar-refractivity contribution is 0.398. The number of anilines is 2. The molecule has 0 saturated carbocycles. The highest BCUT2D eigenvalue weighted by molar-refractivity contribution is 5.42. The standard InChI is InChI=1S/C9H11N5O2/c1-15-8-4-7(12-9(10)13-8)11-5-6-2-3-16-14-6/h2-4H,5H2,1H3,(H3,10,11,12,13). The van der Waals surface area contributed by atoms with Crippen molar-refractivity contribution in [3.8, 4) is 5.88 Å². The van der Waals surface area contributed by atoms with Crippen LogP contribution in [0.5, 0.6) is 5.88 Å². The zero-order valence-electron chi connectivity index (χ0n) is 8.67. The van der Waals surface area contributed by atoms with Crippen molar-refractivity contribution in [3.63, 3.8) is 0 Å². The molecule has 7 nitrogen and oxygen atoms in total. The Hall–Kier alpha value is -2.31. The first-order valence-electron chi connectivity index (χ1n) is 4.59. The van der Waals surface area contributed by atoms with Gasteiger partial charge in [-0.2, -0.15) is 9.97 Å². The molecule has 7 heteroatoms. The summed E-state index contributed by atoms with van der Waals surface area (Å²) in [6, 6.07) is 3.41. The molecule has 2 aromatic heterocycles. The van der Waals surface area contributed by atoms with Gasteiger partial charge < -0.3 is 20.3 Å². The fourth-order valence-corrected chi connectivity index (χ4v) is 1.15. The van der Waals surface area contributed by atoms with Crippen LogP contribution in [-0.2, 0) is 6.54 Å². The number of ether oxygens (including phenoxy) is 1. The predicted molar refractivity (Wildman–Crippen MR) is 56.8 cm³/mol. The maximum atomic E-state index is 5.51. The van der Waals surface area contributed by atoms with E-state index in [4.69, 9.17) is 15.0 Å². The number of nitrogens with zero attached hydrogens (tertiary/aromatic N) is 3. The number of nitrogen functional groups attached to an aromatic ring is 1. The first-order chi connectivity index (χ1) is 7.78. The summed E-state index contributed by atoms with van der Waals surface area (Å²) in [7, 11) is 1.52. The Kier molecular flexibility index (Phi) is 2.86. The highest BCUT2D eigenvalue weighted by Crippen LogP contribution is 2.14. The monoisotopic (exact) mass is 221 g/mol. The van der Waals surface area contributed by atoms with Crippen LogP contribution in [0.3, 0.4) is 0 Å². The zero-order valence-corrected chi connectivity index (χ0v) is 8.67. The Morgan fingerprint density at radius 1 is 1.50 bits per heavy atom. The Balaban J connectivity index is 2.06. The van der Waals surface area contributed by atoms with Crippen LogP contribution in [0.1, 0.15) is 5.69 Å². The minimum atomic E-state index is 0.155. The molecule has 0 aliphatic rings. The number of methoxy groups -OCH3 is 1. The normalized spacial score (nSPS) is 10.1. The van der Waals surface area contributed by atoms with Crippen LogP contribution in [0.15, 0.2) is 22.9 Å². The molecule has 0 bridgehead atoms. The van der Waals surface area contributed by atoms with Crippen LogP contribution in [0, 0.1) is 0 Å². The molecule has 0 spiro atoms. The van der Waals surface area contributed by atoms with Crippen molar-refractivity contribution in [2.45, 2.75) is 6.54 Å². The molecule has 0 aromatic carbocycles. The maximum absolute atomic E-state index is 5.51. The second kappa shape index (κ2) is 4.47. The van der Waals surface area contributed by atoms with Crippen molar-refractivity contribution < 1.29 is 9.26 Å². The van der Waals surface area contributed by atoms with E-state index in [-0.39, 0.29) is 5.95 Å². The molecule has 0 fully saturated rings. The number of aromatic nitrogens is 3. The molecule has 3 N–H and O–H groups in total. The van der Waals surface area contributed by atoms with Gasteiger partial charge in [0.2, 0.25) is 11.8 Å². The Morgan fingerprint density at radius 2 is 2.38 bits per heavy atom. The molecule has 2 heterocycles. The largest absolute Gasteiger partial charge is 0.481 e. The van der Waals surface area contributed by atoms with Crippen molar-refractivity contribution in [2.75, 3.05) is 18.2 Å². The number of hydrogen-bond donors (Lipinski definition) is 2. The van der Waals surface area contributed by atoms with Crippen molar-refractivity contribution >= 4 is 11.8 Å². The molecule has 0 radical (unpaired) electrons. The summed E-state index contributed by atoms with van der Waals surface area (Å²) in [6.45, 7) is 0.496. The highest BCUT2D eigenvalue weighted by Gasteiger charge is 2.03. The third kappa shape index (κ3) is 2.38. The van der Waals surface area contributed by atoms with Crippen LogP contribution in [0.25, 0.3) is 0 Å². The van der Waals surface area contributed by atoms with E-state index in [9.17, 15) is 0 Å². The summed E-state index contributed by atoms with van der Waals surface area (Å²) in [5, 5.41) is 6.78. The molecule has 0 aliphatic heterocycles. The lowest BCUT2D eigenvalue weighted by Gasteiger charge is -2.05.